The molecule has 0 spiro atoms. The fraction of sp³-hybridized carbons (Fsp3) is 0.600. The topological polar surface area (TPSA) is 26.0 Å². The van der Waals surface area contributed by atoms with Crippen molar-refractivity contribution < 1.29 is 0 Å². The summed E-state index contributed by atoms with van der Waals surface area (Å²) in [6, 6.07) is 2.26. The van der Waals surface area contributed by atoms with Crippen LogP contribution in [0.15, 0.2) is 15.9 Å². The lowest BCUT2D eigenvalue weighted by Gasteiger charge is -2.18. The van der Waals surface area contributed by atoms with Crippen molar-refractivity contribution in [1.29, 1.82) is 0 Å². The predicted molar refractivity (Wildman–Crippen MR) is 63.0 cm³/mol. The fourth-order valence-corrected chi connectivity index (χ4v) is 3.21. The van der Waals surface area contributed by atoms with Crippen LogP contribution in [0.2, 0.25) is 0 Å². The molecule has 0 amide bonds. The highest BCUT2D eigenvalue weighted by molar-refractivity contribution is 9.10. The third-order valence-electron chi connectivity index (χ3n) is 2.30. The van der Waals surface area contributed by atoms with Crippen LogP contribution in [0, 0.1) is 5.92 Å². The monoisotopic (exact) mass is 261 g/mol. The van der Waals surface area contributed by atoms with Crippen molar-refractivity contribution in [2.45, 2.75) is 32.7 Å². The molecule has 0 aliphatic carbocycles. The smallest absolute Gasteiger partial charge is 0.0427 e. The Morgan fingerprint density at radius 2 is 2.31 bits per heavy atom. The van der Waals surface area contributed by atoms with Crippen molar-refractivity contribution in [2.24, 2.45) is 11.7 Å². The van der Waals surface area contributed by atoms with Gasteiger partial charge in [0.05, 0.1) is 0 Å². The molecule has 2 N–H and O–H groups in total. The van der Waals surface area contributed by atoms with Crippen LogP contribution in [-0.2, 0) is 0 Å². The zero-order valence-electron chi connectivity index (χ0n) is 8.09. The van der Waals surface area contributed by atoms with Crippen molar-refractivity contribution in [3.63, 3.8) is 0 Å². The molecule has 3 heteroatoms. The normalized spacial score (nSPS) is 15.7. The molecule has 1 nitrogen and oxygen atoms in total. The van der Waals surface area contributed by atoms with Crippen molar-refractivity contribution in [3.05, 3.63) is 20.8 Å². The number of nitrogens with two attached hydrogens (primary N) is 1. The van der Waals surface area contributed by atoms with Gasteiger partial charge in [-0.2, -0.15) is 0 Å². The molecule has 0 saturated carbocycles. The number of hydrogen-bond donors (Lipinski definition) is 1. The van der Waals surface area contributed by atoms with Crippen LogP contribution >= 0.6 is 27.3 Å². The molecule has 0 aliphatic rings. The molecule has 2 unspecified atom stereocenters. The van der Waals surface area contributed by atoms with Crippen molar-refractivity contribution in [2.75, 3.05) is 0 Å². The molecular formula is C10H16BrNS. The van der Waals surface area contributed by atoms with Gasteiger partial charge in [-0.1, -0.05) is 20.3 Å². The summed E-state index contributed by atoms with van der Waals surface area (Å²) < 4.78 is 1.16. The molecule has 0 saturated heterocycles. The lowest BCUT2D eigenvalue weighted by Crippen LogP contribution is -2.18. The van der Waals surface area contributed by atoms with E-state index in [9.17, 15) is 0 Å². The average Bonchev–Trinajstić information content (AvgIpc) is 2.50. The van der Waals surface area contributed by atoms with Gasteiger partial charge < -0.3 is 5.73 Å². The molecule has 74 valence electrons. The molecule has 2 atom stereocenters. The van der Waals surface area contributed by atoms with Crippen LogP contribution in [-0.4, -0.2) is 0 Å². The van der Waals surface area contributed by atoms with E-state index in [1.54, 1.807) is 11.3 Å². The summed E-state index contributed by atoms with van der Waals surface area (Å²) in [4.78, 5) is 1.28. The Labute approximate surface area is 92.5 Å². The van der Waals surface area contributed by atoms with Gasteiger partial charge in [0.1, 0.15) is 0 Å². The van der Waals surface area contributed by atoms with Crippen LogP contribution in [0.4, 0.5) is 0 Å². The van der Waals surface area contributed by atoms with E-state index in [-0.39, 0.29) is 6.04 Å². The molecule has 0 fully saturated rings. The first kappa shape index (κ1) is 11.2. The highest BCUT2D eigenvalue weighted by Crippen LogP contribution is 2.32. The lowest BCUT2D eigenvalue weighted by molar-refractivity contribution is 0.437. The van der Waals surface area contributed by atoms with Crippen molar-refractivity contribution >= 4 is 27.3 Å². The van der Waals surface area contributed by atoms with Crippen LogP contribution in [0.5, 0.6) is 0 Å². The highest BCUT2D eigenvalue weighted by atomic mass is 79.9. The maximum Gasteiger partial charge on any atom is 0.0427 e. The van der Waals surface area contributed by atoms with Crippen molar-refractivity contribution in [1.82, 2.24) is 0 Å². The molecular weight excluding hydrogens is 246 g/mol. The van der Waals surface area contributed by atoms with Gasteiger partial charge in [0.25, 0.3) is 0 Å². The Hall–Kier alpha value is 0.140. The Morgan fingerprint density at radius 3 is 2.77 bits per heavy atom. The Morgan fingerprint density at radius 1 is 1.62 bits per heavy atom. The molecule has 1 aromatic rings. The first-order valence-electron chi connectivity index (χ1n) is 4.65. The third kappa shape index (κ3) is 2.79. The van der Waals surface area contributed by atoms with Gasteiger partial charge in [-0.15, -0.1) is 11.3 Å². The van der Waals surface area contributed by atoms with Gasteiger partial charge in [-0.05, 0) is 39.7 Å². The zero-order valence-corrected chi connectivity index (χ0v) is 10.5. The average molecular weight is 262 g/mol. The molecule has 1 rings (SSSR count). The van der Waals surface area contributed by atoms with Gasteiger partial charge in [-0.3, -0.25) is 0 Å². The maximum atomic E-state index is 6.15. The van der Waals surface area contributed by atoms with Crippen LogP contribution in [0.25, 0.3) is 0 Å². The minimum atomic E-state index is 0.189. The molecule has 13 heavy (non-hydrogen) atoms. The fourth-order valence-electron chi connectivity index (χ4n) is 1.44. The second-order valence-corrected chi connectivity index (χ2v) is 5.23. The van der Waals surface area contributed by atoms with E-state index >= 15 is 0 Å². The first-order valence-corrected chi connectivity index (χ1v) is 6.32. The van der Waals surface area contributed by atoms with E-state index in [0.29, 0.717) is 5.92 Å². The van der Waals surface area contributed by atoms with Crippen LogP contribution in [0.3, 0.4) is 0 Å². The zero-order chi connectivity index (χ0) is 9.84. The summed E-state index contributed by atoms with van der Waals surface area (Å²) in [5, 5.41) is 2.08. The summed E-state index contributed by atoms with van der Waals surface area (Å²) in [7, 11) is 0. The van der Waals surface area contributed by atoms with E-state index in [0.717, 1.165) is 4.47 Å². The van der Waals surface area contributed by atoms with Gasteiger partial charge in [0.2, 0.25) is 0 Å². The summed E-state index contributed by atoms with van der Waals surface area (Å²) in [5.74, 6) is 0.569. The number of rotatable bonds is 4. The van der Waals surface area contributed by atoms with Gasteiger partial charge in [-0.25, -0.2) is 0 Å². The quantitative estimate of drug-likeness (QED) is 0.873. The van der Waals surface area contributed by atoms with Gasteiger partial charge in [0, 0.05) is 15.4 Å². The molecule has 1 aromatic heterocycles. The van der Waals surface area contributed by atoms with E-state index in [4.69, 9.17) is 5.73 Å². The van der Waals surface area contributed by atoms with Gasteiger partial charge in [0.15, 0.2) is 0 Å². The highest BCUT2D eigenvalue weighted by Gasteiger charge is 2.17. The minimum absolute atomic E-state index is 0.189. The number of hydrogen-bond acceptors (Lipinski definition) is 2. The lowest BCUT2D eigenvalue weighted by atomic mass is 9.97. The SMILES string of the molecule is CCCC(C)C(N)c1sccc1Br. The third-order valence-corrected chi connectivity index (χ3v) is 4.28. The van der Waals surface area contributed by atoms with Gasteiger partial charge >= 0.3 is 0 Å². The number of thiophene rings is 1. The standard InChI is InChI=1S/C10H16BrNS/c1-3-4-7(2)9(12)10-8(11)5-6-13-10/h5-7,9H,3-4,12H2,1-2H3. The molecule has 0 radical (unpaired) electrons. The molecule has 0 aromatic carbocycles. The Balaban J connectivity index is 2.67. The molecule has 0 bridgehead atoms. The second kappa shape index (κ2) is 5.13. The van der Waals surface area contributed by atoms with E-state index in [1.807, 2.05) is 0 Å². The van der Waals surface area contributed by atoms with E-state index < -0.39 is 0 Å². The van der Waals surface area contributed by atoms with E-state index in [2.05, 4.69) is 41.2 Å². The first-order chi connectivity index (χ1) is 6.16. The summed E-state index contributed by atoms with van der Waals surface area (Å²) >= 11 is 5.26. The molecule has 1 heterocycles. The second-order valence-electron chi connectivity index (χ2n) is 3.42. The summed E-state index contributed by atoms with van der Waals surface area (Å²) in [5.41, 5.74) is 6.15. The summed E-state index contributed by atoms with van der Waals surface area (Å²) in [6.45, 7) is 4.42. The Kier molecular flexibility index (Phi) is 4.42. The Bertz CT molecular complexity index is 259. The van der Waals surface area contributed by atoms with E-state index in [1.165, 1.54) is 17.7 Å². The summed E-state index contributed by atoms with van der Waals surface area (Å²) in [6.07, 6.45) is 2.41. The van der Waals surface area contributed by atoms with Crippen LogP contribution < -0.4 is 5.73 Å². The minimum Gasteiger partial charge on any atom is -0.323 e. The largest absolute Gasteiger partial charge is 0.323 e. The van der Waals surface area contributed by atoms with Crippen molar-refractivity contribution in [3.8, 4) is 0 Å². The number of halogens is 1. The predicted octanol–water partition coefficient (Wildman–Crippen LogP) is 3.95. The maximum absolute atomic E-state index is 6.15. The molecule has 0 aliphatic heterocycles. The van der Waals surface area contributed by atoms with Crippen LogP contribution in [0.1, 0.15) is 37.6 Å².